The van der Waals surface area contributed by atoms with Crippen molar-refractivity contribution < 1.29 is 23.6 Å². The molecule has 0 bridgehead atoms. The topological polar surface area (TPSA) is 128 Å². The first kappa shape index (κ1) is 30.3. The van der Waals surface area contributed by atoms with Gasteiger partial charge in [0.25, 0.3) is 5.91 Å². The molecule has 5 amide bonds. The number of urea groups is 1. The zero-order chi connectivity index (χ0) is 28.0. The van der Waals surface area contributed by atoms with Crippen LogP contribution in [0.5, 0.6) is 0 Å². The number of nitrogens with one attached hydrogen (secondary N) is 5. The van der Waals surface area contributed by atoms with Crippen LogP contribution in [0.3, 0.4) is 0 Å². The highest BCUT2D eigenvalue weighted by Crippen LogP contribution is 2.33. The summed E-state index contributed by atoms with van der Waals surface area (Å²) in [5, 5.41) is 14.6. The molecule has 0 radical (unpaired) electrons. The lowest BCUT2D eigenvalue weighted by Gasteiger charge is -2.16. The maximum atomic E-state index is 14.3. The summed E-state index contributed by atoms with van der Waals surface area (Å²) in [4.78, 5) is 47.6. The van der Waals surface area contributed by atoms with Crippen LogP contribution in [0, 0.1) is 17.7 Å². The summed E-state index contributed by atoms with van der Waals surface area (Å²) in [6.07, 6.45) is 5.86. The summed E-state index contributed by atoms with van der Waals surface area (Å²) < 4.78 is 14.3. The van der Waals surface area contributed by atoms with Gasteiger partial charge in [0, 0.05) is 48.1 Å². The molecule has 3 atom stereocenters. The molecule has 5 N–H and O–H groups in total. The molecule has 3 rings (SSSR count). The zero-order valence-corrected chi connectivity index (χ0v) is 23.2. The number of benzene rings is 1. The standard InChI is InChI=1S/C28H38FN5O4S/c1-2-3-14-31-27(37)19-12-13-20(21(29)16-19)17-32-25(36)10-5-4-8-15-30-24(35)11-7-6-9-23-26-22(18-39-23)33-28(38)34-26/h12-13,16,22-23,26H,4-11,14-15,17-18H2,1H3,(H,30,35)(H,31,37)(H,32,36)(H2,33,34,38)/t22-,23-,26-/m1/s1. The van der Waals surface area contributed by atoms with Gasteiger partial charge in [-0.1, -0.05) is 24.8 Å². The highest BCUT2D eigenvalue weighted by molar-refractivity contribution is 8.00. The first-order valence-corrected chi connectivity index (χ1v) is 14.6. The predicted octanol–water partition coefficient (Wildman–Crippen LogP) is 2.60. The molecule has 0 aliphatic carbocycles. The van der Waals surface area contributed by atoms with Crippen LogP contribution in [0.2, 0.25) is 0 Å². The normalized spacial score (nSPS) is 19.2. The third kappa shape index (κ3) is 10.1. The lowest BCUT2D eigenvalue weighted by atomic mass is 10.0. The van der Waals surface area contributed by atoms with Gasteiger partial charge in [-0.25, -0.2) is 9.18 Å². The fourth-order valence-corrected chi connectivity index (χ4v) is 6.15. The molecule has 2 heterocycles. The smallest absolute Gasteiger partial charge is 0.315 e. The molecular formula is C28H38FN5O4S. The molecule has 2 aliphatic heterocycles. The Labute approximate surface area is 233 Å². The molecule has 11 heteroatoms. The van der Waals surface area contributed by atoms with E-state index in [2.05, 4.69) is 38.4 Å². The van der Waals surface area contributed by atoms with Crippen LogP contribution >= 0.6 is 11.8 Å². The minimum absolute atomic E-state index is 0.0423. The molecule has 0 spiro atoms. The minimum atomic E-state index is -0.550. The SMILES string of the molecule is CC#CCNC(=O)c1ccc(CNC(=O)CCCCCNC(=O)CCCC[C@H]2SC[C@H]3NC(=O)N[C@H]32)c(F)c1. The van der Waals surface area contributed by atoms with Gasteiger partial charge in [0.1, 0.15) is 5.82 Å². The summed E-state index contributed by atoms with van der Waals surface area (Å²) in [6, 6.07) is 4.53. The number of carbonyl (C=O) groups is 4. The second-order valence-corrected chi connectivity index (χ2v) is 11.0. The monoisotopic (exact) mass is 559 g/mol. The number of unbranched alkanes of at least 4 members (excludes halogenated alkanes) is 3. The lowest BCUT2D eigenvalue weighted by molar-refractivity contribution is -0.122. The van der Waals surface area contributed by atoms with Crippen molar-refractivity contribution in [1.29, 1.82) is 0 Å². The molecular weight excluding hydrogens is 521 g/mol. The van der Waals surface area contributed by atoms with Crippen LogP contribution in [-0.4, -0.2) is 59.9 Å². The van der Waals surface area contributed by atoms with Gasteiger partial charge >= 0.3 is 6.03 Å². The third-order valence-electron chi connectivity index (χ3n) is 6.79. The molecule has 39 heavy (non-hydrogen) atoms. The Hall–Kier alpha value is -3.26. The van der Waals surface area contributed by atoms with Crippen LogP contribution in [0.1, 0.15) is 74.2 Å². The lowest BCUT2D eigenvalue weighted by Crippen LogP contribution is -2.36. The van der Waals surface area contributed by atoms with Gasteiger partial charge in [-0.3, -0.25) is 14.4 Å². The highest BCUT2D eigenvalue weighted by atomic mass is 32.2. The van der Waals surface area contributed by atoms with Gasteiger partial charge in [0.2, 0.25) is 11.8 Å². The van der Waals surface area contributed by atoms with E-state index < -0.39 is 11.7 Å². The molecule has 212 valence electrons. The number of rotatable bonds is 15. The van der Waals surface area contributed by atoms with E-state index in [9.17, 15) is 23.6 Å². The summed E-state index contributed by atoms with van der Waals surface area (Å²) in [5.41, 5.74) is 0.510. The number of fused-ring (bicyclic) bond motifs is 1. The molecule has 9 nitrogen and oxygen atoms in total. The van der Waals surface area contributed by atoms with Gasteiger partial charge in [-0.2, -0.15) is 11.8 Å². The summed E-state index contributed by atoms with van der Waals surface area (Å²) >= 11 is 1.89. The average molecular weight is 560 g/mol. The van der Waals surface area contributed by atoms with Crippen LogP contribution in [0.25, 0.3) is 0 Å². The molecule has 0 unspecified atom stereocenters. The second-order valence-electron chi connectivity index (χ2n) is 9.72. The van der Waals surface area contributed by atoms with Crippen molar-refractivity contribution in [1.82, 2.24) is 26.6 Å². The molecule has 2 aliphatic rings. The van der Waals surface area contributed by atoms with Crippen molar-refractivity contribution in [3.05, 3.63) is 35.1 Å². The fraction of sp³-hybridized carbons (Fsp3) is 0.571. The number of hydrogen-bond donors (Lipinski definition) is 5. The number of thioether (sulfide) groups is 1. The van der Waals surface area contributed by atoms with E-state index >= 15 is 0 Å². The van der Waals surface area contributed by atoms with Crippen molar-refractivity contribution in [2.75, 3.05) is 18.8 Å². The van der Waals surface area contributed by atoms with Crippen molar-refractivity contribution >= 4 is 35.5 Å². The Bertz CT molecular complexity index is 1090. The van der Waals surface area contributed by atoms with E-state index in [4.69, 9.17) is 0 Å². The maximum absolute atomic E-state index is 14.3. The van der Waals surface area contributed by atoms with Crippen molar-refractivity contribution in [2.24, 2.45) is 0 Å². The molecule has 0 aromatic heterocycles. The van der Waals surface area contributed by atoms with E-state index in [1.807, 2.05) is 11.8 Å². The van der Waals surface area contributed by atoms with Crippen LogP contribution in [-0.2, 0) is 16.1 Å². The van der Waals surface area contributed by atoms with Gasteiger partial charge < -0.3 is 26.6 Å². The summed E-state index contributed by atoms with van der Waals surface area (Å²) in [6.45, 7) is 2.50. The molecule has 1 aromatic carbocycles. The van der Waals surface area contributed by atoms with Crippen molar-refractivity contribution in [2.45, 2.75) is 82.2 Å². The van der Waals surface area contributed by atoms with Crippen molar-refractivity contribution in [3.8, 4) is 11.8 Å². The maximum Gasteiger partial charge on any atom is 0.315 e. The molecule has 2 fully saturated rings. The van der Waals surface area contributed by atoms with E-state index in [1.54, 1.807) is 6.92 Å². The van der Waals surface area contributed by atoms with Crippen LogP contribution in [0.15, 0.2) is 18.2 Å². The predicted molar refractivity (Wildman–Crippen MR) is 149 cm³/mol. The third-order valence-corrected chi connectivity index (χ3v) is 8.30. The van der Waals surface area contributed by atoms with Gasteiger partial charge in [0.05, 0.1) is 18.6 Å². The number of halogens is 1. The Balaban J connectivity index is 1.18. The van der Waals surface area contributed by atoms with Gasteiger partial charge in [0.15, 0.2) is 0 Å². The highest BCUT2D eigenvalue weighted by Gasteiger charge is 2.42. The van der Waals surface area contributed by atoms with Gasteiger partial charge in [-0.05, 0) is 44.7 Å². The molecule has 0 saturated carbocycles. The van der Waals surface area contributed by atoms with E-state index in [-0.39, 0.29) is 48.6 Å². The average Bonchev–Trinajstić information content (AvgIpc) is 3.47. The summed E-state index contributed by atoms with van der Waals surface area (Å²) in [5.74, 6) is 5.24. The first-order valence-electron chi connectivity index (χ1n) is 13.6. The zero-order valence-electron chi connectivity index (χ0n) is 22.4. The Morgan fingerprint density at radius 3 is 2.56 bits per heavy atom. The second kappa shape index (κ2) is 16.0. The van der Waals surface area contributed by atoms with Crippen LogP contribution < -0.4 is 26.6 Å². The quantitative estimate of drug-likeness (QED) is 0.128. The van der Waals surface area contributed by atoms with Gasteiger partial charge in [-0.15, -0.1) is 5.92 Å². The minimum Gasteiger partial charge on any atom is -0.356 e. The summed E-state index contributed by atoms with van der Waals surface area (Å²) in [7, 11) is 0. The van der Waals surface area contributed by atoms with Crippen LogP contribution in [0.4, 0.5) is 9.18 Å². The Kier molecular flexibility index (Phi) is 12.4. The molecule has 1 aromatic rings. The number of carbonyl (C=O) groups excluding carboxylic acids is 4. The number of hydrogen-bond acceptors (Lipinski definition) is 5. The Morgan fingerprint density at radius 2 is 1.79 bits per heavy atom. The molecule has 2 saturated heterocycles. The van der Waals surface area contributed by atoms with E-state index in [0.29, 0.717) is 36.6 Å². The van der Waals surface area contributed by atoms with Crippen molar-refractivity contribution in [3.63, 3.8) is 0 Å². The van der Waals surface area contributed by atoms with E-state index in [0.717, 1.165) is 43.9 Å². The Morgan fingerprint density at radius 1 is 1.03 bits per heavy atom. The first-order chi connectivity index (χ1) is 18.9. The fourth-order valence-electron chi connectivity index (χ4n) is 4.61. The number of amides is 5. The largest absolute Gasteiger partial charge is 0.356 e. The van der Waals surface area contributed by atoms with E-state index in [1.165, 1.54) is 12.1 Å².